The van der Waals surface area contributed by atoms with E-state index in [-0.39, 0.29) is 17.2 Å². The molecule has 1 N–H and O–H groups in total. The van der Waals surface area contributed by atoms with Crippen LogP contribution in [-0.2, 0) is 4.79 Å². The van der Waals surface area contributed by atoms with E-state index in [4.69, 9.17) is 5.11 Å². The first kappa shape index (κ1) is 15.0. The van der Waals surface area contributed by atoms with Crippen molar-refractivity contribution in [1.82, 2.24) is 4.90 Å². The summed E-state index contributed by atoms with van der Waals surface area (Å²) in [5, 5.41) is 19.6. The van der Waals surface area contributed by atoms with Crippen LogP contribution in [0, 0.1) is 10.1 Å². The van der Waals surface area contributed by atoms with Crippen molar-refractivity contribution in [2.75, 3.05) is 19.8 Å². The number of carboxylic acids is 1. The molecule has 19 heavy (non-hydrogen) atoms. The number of aromatic carboxylic acids is 1. The van der Waals surface area contributed by atoms with Gasteiger partial charge in [0, 0.05) is 25.1 Å². The number of carbonyl (C=O) groups excluding carboxylic acids is 1. The van der Waals surface area contributed by atoms with E-state index < -0.39 is 16.6 Å². The highest BCUT2D eigenvalue weighted by atomic mass is 32.2. The van der Waals surface area contributed by atoms with Gasteiger partial charge in [0.1, 0.15) is 5.56 Å². The molecule has 0 saturated carbocycles. The molecule has 102 valence electrons. The lowest BCUT2D eigenvalue weighted by atomic mass is 10.2. The van der Waals surface area contributed by atoms with Gasteiger partial charge in [0.2, 0.25) is 5.91 Å². The Kier molecular flexibility index (Phi) is 4.87. The van der Waals surface area contributed by atoms with Gasteiger partial charge in [0.15, 0.2) is 0 Å². The molecule has 0 aromatic heterocycles. The van der Waals surface area contributed by atoms with E-state index in [1.807, 2.05) is 0 Å². The first-order valence-corrected chi connectivity index (χ1v) is 6.16. The van der Waals surface area contributed by atoms with Gasteiger partial charge in [-0.2, -0.15) is 0 Å². The number of nitro benzene ring substituents is 1. The van der Waals surface area contributed by atoms with Crippen molar-refractivity contribution in [3.8, 4) is 0 Å². The Morgan fingerprint density at radius 2 is 2.05 bits per heavy atom. The van der Waals surface area contributed by atoms with Gasteiger partial charge < -0.3 is 10.0 Å². The second-order valence-corrected chi connectivity index (χ2v) is 4.87. The Bertz CT molecular complexity index is 530. The summed E-state index contributed by atoms with van der Waals surface area (Å²) in [6.45, 7) is 0. The quantitative estimate of drug-likeness (QED) is 0.499. The third kappa shape index (κ3) is 3.95. The van der Waals surface area contributed by atoms with E-state index in [9.17, 15) is 19.7 Å². The molecule has 0 aliphatic heterocycles. The third-order valence-corrected chi connectivity index (χ3v) is 3.23. The van der Waals surface area contributed by atoms with E-state index in [1.54, 1.807) is 14.1 Å². The molecule has 1 rings (SSSR count). The molecule has 1 aromatic rings. The van der Waals surface area contributed by atoms with Crippen molar-refractivity contribution in [3.63, 3.8) is 0 Å². The molecule has 8 heteroatoms. The highest BCUT2D eigenvalue weighted by Gasteiger charge is 2.20. The van der Waals surface area contributed by atoms with Crippen LogP contribution >= 0.6 is 11.8 Å². The minimum absolute atomic E-state index is 0.125. The predicted molar refractivity (Wildman–Crippen MR) is 69.5 cm³/mol. The van der Waals surface area contributed by atoms with Gasteiger partial charge in [0.25, 0.3) is 5.69 Å². The SMILES string of the molecule is CN(C)C(=O)CSc1ccc([N+](=O)[O-])c(C(=O)O)c1. The number of thioether (sulfide) groups is 1. The zero-order valence-electron chi connectivity index (χ0n) is 10.3. The molecular formula is C11H12N2O5S. The summed E-state index contributed by atoms with van der Waals surface area (Å²) < 4.78 is 0. The fraction of sp³-hybridized carbons (Fsp3) is 0.273. The van der Waals surface area contributed by atoms with Crippen LogP contribution < -0.4 is 0 Å². The average Bonchev–Trinajstić information content (AvgIpc) is 2.35. The summed E-state index contributed by atoms with van der Waals surface area (Å²) in [7, 11) is 3.23. The number of amides is 1. The monoisotopic (exact) mass is 284 g/mol. The lowest BCUT2D eigenvalue weighted by Crippen LogP contribution is -2.23. The molecule has 1 aromatic carbocycles. The van der Waals surface area contributed by atoms with E-state index >= 15 is 0 Å². The first-order valence-electron chi connectivity index (χ1n) is 5.17. The van der Waals surface area contributed by atoms with Crippen LogP contribution in [0.5, 0.6) is 0 Å². The van der Waals surface area contributed by atoms with Crippen LogP contribution in [0.25, 0.3) is 0 Å². The minimum atomic E-state index is -1.37. The van der Waals surface area contributed by atoms with E-state index in [0.29, 0.717) is 4.90 Å². The largest absolute Gasteiger partial charge is 0.477 e. The number of rotatable bonds is 5. The van der Waals surface area contributed by atoms with Crippen molar-refractivity contribution in [2.45, 2.75) is 4.90 Å². The molecule has 0 heterocycles. The standard InChI is InChI=1S/C11H12N2O5S/c1-12(2)10(14)6-19-7-3-4-9(13(17)18)8(5-7)11(15)16/h3-5H,6H2,1-2H3,(H,15,16). The second-order valence-electron chi connectivity index (χ2n) is 3.82. The number of nitrogens with zero attached hydrogens (tertiary/aromatic N) is 2. The van der Waals surface area contributed by atoms with Gasteiger partial charge in [0.05, 0.1) is 10.7 Å². The van der Waals surface area contributed by atoms with Gasteiger partial charge in [-0.25, -0.2) is 4.79 Å². The van der Waals surface area contributed by atoms with Crippen LogP contribution in [0.3, 0.4) is 0 Å². The highest BCUT2D eigenvalue weighted by molar-refractivity contribution is 8.00. The third-order valence-electron chi connectivity index (χ3n) is 2.26. The van der Waals surface area contributed by atoms with Gasteiger partial charge in [-0.1, -0.05) is 0 Å². The zero-order valence-corrected chi connectivity index (χ0v) is 11.1. The van der Waals surface area contributed by atoms with E-state index in [1.165, 1.54) is 17.0 Å². The second kappa shape index (κ2) is 6.19. The molecule has 0 unspecified atom stereocenters. The molecule has 1 amide bonds. The summed E-state index contributed by atoms with van der Waals surface area (Å²) in [6.07, 6.45) is 0. The Morgan fingerprint density at radius 3 is 2.53 bits per heavy atom. The summed E-state index contributed by atoms with van der Waals surface area (Å²) >= 11 is 1.13. The molecule has 0 aliphatic carbocycles. The van der Waals surface area contributed by atoms with Crippen LogP contribution in [0.2, 0.25) is 0 Å². The number of hydrogen-bond donors (Lipinski definition) is 1. The number of hydrogen-bond acceptors (Lipinski definition) is 5. The molecule has 0 spiro atoms. The molecule has 0 atom stereocenters. The lowest BCUT2D eigenvalue weighted by molar-refractivity contribution is -0.385. The van der Waals surface area contributed by atoms with Gasteiger partial charge >= 0.3 is 5.97 Å². The van der Waals surface area contributed by atoms with Gasteiger partial charge in [-0.15, -0.1) is 11.8 Å². The predicted octanol–water partition coefficient (Wildman–Crippen LogP) is 1.47. The van der Waals surface area contributed by atoms with Crippen LogP contribution in [-0.4, -0.2) is 46.7 Å². The van der Waals surface area contributed by atoms with Crippen molar-refractivity contribution in [3.05, 3.63) is 33.9 Å². The normalized spacial score (nSPS) is 10.0. The Labute approximate surface area is 113 Å². The molecule has 0 bridgehead atoms. The van der Waals surface area contributed by atoms with Crippen LogP contribution in [0.15, 0.2) is 23.1 Å². The van der Waals surface area contributed by atoms with Gasteiger partial charge in [-0.05, 0) is 12.1 Å². The fourth-order valence-corrected chi connectivity index (χ4v) is 2.12. The van der Waals surface area contributed by atoms with Gasteiger partial charge in [-0.3, -0.25) is 14.9 Å². The van der Waals surface area contributed by atoms with E-state index in [0.717, 1.165) is 17.8 Å². The zero-order chi connectivity index (χ0) is 14.6. The summed E-state index contributed by atoms with van der Waals surface area (Å²) in [6, 6.07) is 3.76. The fourth-order valence-electron chi connectivity index (χ4n) is 1.21. The maximum Gasteiger partial charge on any atom is 0.342 e. The number of nitro groups is 1. The Balaban J connectivity index is 2.93. The Hall–Kier alpha value is -2.09. The molecular weight excluding hydrogens is 272 g/mol. The molecule has 0 aliphatic rings. The number of carboxylic acid groups (broad SMARTS) is 1. The van der Waals surface area contributed by atoms with E-state index in [2.05, 4.69) is 0 Å². The van der Waals surface area contributed by atoms with Crippen molar-refractivity contribution >= 4 is 29.3 Å². The first-order chi connectivity index (χ1) is 8.82. The summed E-state index contributed by atoms with van der Waals surface area (Å²) in [4.78, 5) is 34.2. The van der Waals surface area contributed by atoms with Crippen LogP contribution in [0.4, 0.5) is 5.69 Å². The summed E-state index contributed by atoms with van der Waals surface area (Å²) in [5.41, 5.74) is -0.844. The smallest absolute Gasteiger partial charge is 0.342 e. The highest BCUT2D eigenvalue weighted by Crippen LogP contribution is 2.26. The molecule has 0 saturated heterocycles. The summed E-state index contributed by atoms with van der Waals surface area (Å²) in [5.74, 6) is -1.35. The lowest BCUT2D eigenvalue weighted by Gasteiger charge is -2.09. The molecule has 7 nitrogen and oxygen atoms in total. The van der Waals surface area contributed by atoms with Crippen molar-refractivity contribution < 1.29 is 19.6 Å². The van der Waals surface area contributed by atoms with Crippen molar-refractivity contribution in [1.29, 1.82) is 0 Å². The Morgan fingerprint density at radius 1 is 1.42 bits per heavy atom. The van der Waals surface area contributed by atoms with Crippen LogP contribution in [0.1, 0.15) is 10.4 Å². The average molecular weight is 284 g/mol. The topological polar surface area (TPSA) is 101 Å². The minimum Gasteiger partial charge on any atom is -0.477 e. The number of carbonyl (C=O) groups is 2. The maximum atomic E-state index is 11.4. The molecule has 0 fully saturated rings. The van der Waals surface area contributed by atoms with Crippen molar-refractivity contribution in [2.24, 2.45) is 0 Å². The molecule has 0 radical (unpaired) electrons. The maximum absolute atomic E-state index is 11.4. The number of benzene rings is 1.